The van der Waals surface area contributed by atoms with Crippen molar-refractivity contribution in [3.05, 3.63) is 18.1 Å². The molecule has 1 N–H and O–H groups in total. The monoisotopic (exact) mass is 223 g/mol. The van der Waals surface area contributed by atoms with E-state index in [9.17, 15) is 0 Å². The Morgan fingerprint density at radius 3 is 2.50 bits per heavy atom. The zero-order chi connectivity index (χ0) is 12.0. The second kappa shape index (κ2) is 5.80. The van der Waals surface area contributed by atoms with E-state index in [2.05, 4.69) is 36.1 Å². The number of nitrogens with one attached hydrogen (secondary N) is 1. The highest BCUT2D eigenvalue weighted by molar-refractivity contribution is 5.06. The Hall–Kier alpha value is -1.16. The first kappa shape index (κ1) is 12.9. The van der Waals surface area contributed by atoms with E-state index in [1.807, 2.05) is 7.05 Å². The molecule has 4 heteroatoms. The van der Waals surface area contributed by atoms with Crippen LogP contribution < -0.4 is 10.1 Å². The molecule has 0 aliphatic carbocycles. The van der Waals surface area contributed by atoms with Gasteiger partial charge in [0, 0.05) is 6.54 Å². The molecule has 0 aromatic carbocycles. The Morgan fingerprint density at radius 2 is 2.00 bits per heavy atom. The summed E-state index contributed by atoms with van der Waals surface area (Å²) in [5, 5.41) is 3.02. The minimum absolute atomic E-state index is 0.291. The molecule has 0 aliphatic heterocycles. The molecule has 1 aromatic heterocycles. The van der Waals surface area contributed by atoms with Gasteiger partial charge in [-0.3, -0.25) is 4.98 Å². The number of aromatic nitrogens is 2. The summed E-state index contributed by atoms with van der Waals surface area (Å²) in [5.41, 5.74) is 1.21. The molecule has 1 heterocycles. The van der Waals surface area contributed by atoms with Crippen LogP contribution in [0.3, 0.4) is 0 Å². The van der Waals surface area contributed by atoms with Gasteiger partial charge in [0.15, 0.2) is 0 Å². The van der Waals surface area contributed by atoms with E-state index < -0.39 is 0 Å². The van der Waals surface area contributed by atoms with Crippen LogP contribution in [0.25, 0.3) is 0 Å². The summed E-state index contributed by atoms with van der Waals surface area (Å²) < 4.78 is 5.52. The molecule has 0 unspecified atom stereocenters. The summed E-state index contributed by atoms with van der Waals surface area (Å²) in [6, 6.07) is 0. The number of nitrogens with zero attached hydrogens (tertiary/aromatic N) is 2. The van der Waals surface area contributed by atoms with Gasteiger partial charge in [-0.2, -0.15) is 0 Å². The predicted octanol–water partition coefficient (Wildman–Crippen LogP) is 2.01. The number of hydrogen-bond donors (Lipinski definition) is 1. The van der Waals surface area contributed by atoms with Gasteiger partial charge in [-0.25, -0.2) is 4.98 Å². The Kier molecular flexibility index (Phi) is 4.68. The molecule has 0 saturated carbocycles. The van der Waals surface area contributed by atoms with Crippen LogP contribution >= 0.6 is 0 Å². The Balaban J connectivity index is 2.37. The summed E-state index contributed by atoms with van der Waals surface area (Å²) in [7, 11) is 1.88. The molecular weight excluding hydrogens is 202 g/mol. The van der Waals surface area contributed by atoms with Crippen molar-refractivity contribution in [1.29, 1.82) is 0 Å². The molecule has 16 heavy (non-hydrogen) atoms. The first-order valence-corrected chi connectivity index (χ1v) is 5.59. The van der Waals surface area contributed by atoms with Crippen molar-refractivity contribution in [1.82, 2.24) is 15.3 Å². The van der Waals surface area contributed by atoms with Crippen LogP contribution in [0.5, 0.6) is 5.88 Å². The number of rotatable bonds is 5. The van der Waals surface area contributed by atoms with Gasteiger partial charge in [0.25, 0.3) is 0 Å². The second-order valence-corrected chi connectivity index (χ2v) is 5.04. The summed E-state index contributed by atoms with van der Waals surface area (Å²) in [4.78, 5) is 8.43. The molecule has 1 rings (SSSR count). The van der Waals surface area contributed by atoms with Gasteiger partial charge < -0.3 is 10.1 Å². The Labute approximate surface area is 97.5 Å². The number of ether oxygens (including phenoxy) is 1. The summed E-state index contributed by atoms with van der Waals surface area (Å²) in [6.07, 6.45) is 4.42. The fourth-order valence-electron chi connectivity index (χ4n) is 1.15. The van der Waals surface area contributed by atoms with Crippen molar-refractivity contribution in [3.8, 4) is 5.88 Å². The zero-order valence-electron chi connectivity index (χ0n) is 10.6. The van der Waals surface area contributed by atoms with Crippen molar-refractivity contribution >= 4 is 0 Å². The van der Waals surface area contributed by atoms with Gasteiger partial charge in [-0.1, -0.05) is 20.8 Å². The first-order valence-electron chi connectivity index (χ1n) is 5.59. The Morgan fingerprint density at radius 1 is 1.25 bits per heavy atom. The molecule has 0 bridgehead atoms. The van der Waals surface area contributed by atoms with E-state index in [1.165, 1.54) is 0 Å². The summed E-state index contributed by atoms with van der Waals surface area (Å²) in [5.74, 6) is 0.601. The lowest BCUT2D eigenvalue weighted by Crippen LogP contribution is -2.12. The molecule has 0 radical (unpaired) electrons. The van der Waals surface area contributed by atoms with E-state index in [0.29, 0.717) is 17.9 Å². The van der Waals surface area contributed by atoms with E-state index >= 15 is 0 Å². The van der Waals surface area contributed by atoms with Crippen molar-refractivity contribution in [2.75, 3.05) is 13.7 Å². The van der Waals surface area contributed by atoms with Crippen LogP contribution in [0, 0.1) is 5.41 Å². The summed E-state index contributed by atoms with van der Waals surface area (Å²) >= 11 is 0. The van der Waals surface area contributed by atoms with E-state index in [-0.39, 0.29) is 0 Å². The van der Waals surface area contributed by atoms with E-state index in [1.54, 1.807) is 12.4 Å². The molecule has 0 saturated heterocycles. The van der Waals surface area contributed by atoms with Crippen LogP contribution in [0.1, 0.15) is 32.9 Å². The Bertz CT molecular complexity index is 303. The highest BCUT2D eigenvalue weighted by Gasteiger charge is 2.10. The average Bonchev–Trinajstić information content (AvgIpc) is 2.19. The van der Waals surface area contributed by atoms with Gasteiger partial charge >= 0.3 is 0 Å². The van der Waals surface area contributed by atoms with Crippen molar-refractivity contribution < 1.29 is 4.74 Å². The van der Waals surface area contributed by atoms with Crippen molar-refractivity contribution in [2.45, 2.75) is 33.7 Å². The van der Waals surface area contributed by atoms with Crippen molar-refractivity contribution in [2.24, 2.45) is 5.41 Å². The summed E-state index contributed by atoms with van der Waals surface area (Å²) in [6.45, 7) is 7.99. The largest absolute Gasteiger partial charge is 0.477 e. The fourth-order valence-corrected chi connectivity index (χ4v) is 1.15. The SMILES string of the molecule is CNCc1cnc(OCCC(C)(C)C)cn1. The minimum atomic E-state index is 0.291. The molecule has 0 spiro atoms. The lowest BCUT2D eigenvalue weighted by molar-refractivity contribution is 0.235. The quantitative estimate of drug-likeness (QED) is 0.829. The van der Waals surface area contributed by atoms with Gasteiger partial charge in [-0.15, -0.1) is 0 Å². The van der Waals surface area contributed by atoms with Gasteiger partial charge in [-0.05, 0) is 18.9 Å². The van der Waals surface area contributed by atoms with Crippen LogP contribution in [0.4, 0.5) is 0 Å². The molecule has 0 atom stereocenters. The predicted molar refractivity (Wildman–Crippen MR) is 64.4 cm³/mol. The highest BCUT2D eigenvalue weighted by Crippen LogP contribution is 2.18. The lowest BCUT2D eigenvalue weighted by atomic mass is 9.93. The van der Waals surface area contributed by atoms with Gasteiger partial charge in [0.1, 0.15) is 0 Å². The molecule has 0 aliphatic rings. The highest BCUT2D eigenvalue weighted by atomic mass is 16.5. The molecule has 4 nitrogen and oxygen atoms in total. The normalized spacial score (nSPS) is 11.5. The first-order chi connectivity index (χ1) is 7.51. The van der Waals surface area contributed by atoms with Crippen molar-refractivity contribution in [3.63, 3.8) is 0 Å². The third-order valence-corrected chi connectivity index (χ3v) is 2.14. The van der Waals surface area contributed by atoms with E-state index in [4.69, 9.17) is 4.74 Å². The molecular formula is C12H21N3O. The lowest BCUT2D eigenvalue weighted by Gasteiger charge is -2.17. The third-order valence-electron chi connectivity index (χ3n) is 2.14. The van der Waals surface area contributed by atoms with Crippen LogP contribution in [0.15, 0.2) is 12.4 Å². The third kappa shape index (κ3) is 5.07. The maximum Gasteiger partial charge on any atom is 0.232 e. The molecule has 0 amide bonds. The van der Waals surface area contributed by atoms with Crippen LogP contribution in [-0.4, -0.2) is 23.6 Å². The average molecular weight is 223 g/mol. The van der Waals surface area contributed by atoms with Crippen LogP contribution in [0.2, 0.25) is 0 Å². The zero-order valence-corrected chi connectivity index (χ0v) is 10.6. The fraction of sp³-hybridized carbons (Fsp3) is 0.667. The van der Waals surface area contributed by atoms with Crippen LogP contribution in [-0.2, 0) is 6.54 Å². The van der Waals surface area contributed by atoms with Gasteiger partial charge in [0.05, 0.1) is 24.7 Å². The molecule has 1 aromatic rings. The van der Waals surface area contributed by atoms with Gasteiger partial charge in [0.2, 0.25) is 5.88 Å². The molecule has 90 valence electrons. The molecule has 0 fully saturated rings. The topological polar surface area (TPSA) is 47.0 Å². The second-order valence-electron chi connectivity index (χ2n) is 5.04. The number of hydrogen-bond acceptors (Lipinski definition) is 4. The maximum absolute atomic E-state index is 5.52. The maximum atomic E-state index is 5.52. The minimum Gasteiger partial charge on any atom is -0.477 e. The smallest absolute Gasteiger partial charge is 0.232 e. The standard InChI is InChI=1S/C12H21N3O/c1-12(2,3)5-6-16-11-9-14-10(7-13-4)8-15-11/h8-9,13H,5-7H2,1-4H3. The van der Waals surface area contributed by atoms with E-state index in [0.717, 1.165) is 18.7 Å².